The molecule has 1 aromatic carbocycles. The van der Waals surface area contributed by atoms with E-state index in [0.29, 0.717) is 23.6 Å². The van der Waals surface area contributed by atoms with Crippen molar-refractivity contribution in [1.29, 1.82) is 5.26 Å². The van der Waals surface area contributed by atoms with E-state index in [-0.39, 0.29) is 0 Å². The fourth-order valence-electron chi connectivity index (χ4n) is 1.69. The molecule has 0 amide bonds. The Hall–Kier alpha value is -2.55. The number of hydrogen-bond donors (Lipinski definition) is 1. The average Bonchev–Trinajstić information content (AvgIpc) is 2.85. The number of anilines is 1. The first-order valence-corrected chi connectivity index (χ1v) is 6.03. The van der Waals surface area contributed by atoms with Gasteiger partial charge in [0, 0.05) is 6.54 Å². The minimum atomic E-state index is 0.302. The number of nitriles is 1. The lowest BCUT2D eigenvalue weighted by Gasteiger charge is -2.09. The van der Waals surface area contributed by atoms with Gasteiger partial charge in [0.05, 0.1) is 17.3 Å². The van der Waals surface area contributed by atoms with Crippen LogP contribution in [0.4, 0.5) is 5.69 Å². The molecule has 2 N–H and O–H groups in total. The molecule has 0 unspecified atom stereocenters. The molecule has 1 heterocycles. The van der Waals surface area contributed by atoms with Crippen LogP contribution in [0, 0.1) is 11.3 Å². The number of benzene rings is 1. The second kappa shape index (κ2) is 5.87. The number of rotatable bonds is 5. The highest BCUT2D eigenvalue weighted by atomic mass is 16.5. The number of ether oxygens (including phenoxy) is 1. The normalized spacial score (nSPS) is 10.1. The summed E-state index contributed by atoms with van der Waals surface area (Å²) in [6.45, 7) is 3.18. The molecule has 0 radical (unpaired) electrons. The van der Waals surface area contributed by atoms with Crippen molar-refractivity contribution in [2.24, 2.45) is 0 Å². The topological polar surface area (TPSA) is 89.8 Å². The van der Waals surface area contributed by atoms with E-state index in [4.69, 9.17) is 15.7 Å². The molecule has 0 spiro atoms. The SMILES string of the molecule is CCCn1ncnc1COc1ccc(C#N)cc1N. The number of aryl methyl sites for hydroxylation is 1. The molecule has 19 heavy (non-hydrogen) atoms. The lowest BCUT2D eigenvalue weighted by atomic mass is 10.2. The molecule has 0 bridgehead atoms. The number of nitrogens with two attached hydrogens (primary N) is 1. The molecule has 6 nitrogen and oxygen atoms in total. The Kier molecular flexibility index (Phi) is 3.98. The zero-order valence-corrected chi connectivity index (χ0v) is 10.7. The molecule has 0 aliphatic rings. The lowest BCUT2D eigenvalue weighted by molar-refractivity contribution is 0.287. The van der Waals surface area contributed by atoms with Crippen LogP contribution in [0.5, 0.6) is 5.75 Å². The zero-order valence-electron chi connectivity index (χ0n) is 10.7. The predicted molar refractivity (Wildman–Crippen MR) is 70.2 cm³/mol. The van der Waals surface area contributed by atoms with Crippen molar-refractivity contribution in [3.63, 3.8) is 0 Å². The van der Waals surface area contributed by atoms with Gasteiger partial charge in [-0.05, 0) is 24.6 Å². The average molecular weight is 257 g/mol. The van der Waals surface area contributed by atoms with Gasteiger partial charge in [-0.15, -0.1) is 0 Å². The number of nitrogens with zero attached hydrogens (tertiary/aromatic N) is 4. The van der Waals surface area contributed by atoms with Gasteiger partial charge in [-0.1, -0.05) is 6.92 Å². The van der Waals surface area contributed by atoms with Gasteiger partial charge >= 0.3 is 0 Å². The van der Waals surface area contributed by atoms with E-state index < -0.39 is 0 Å². The fraction of sp³-hybridized carbons (Fsp3) is 0.308. The minimum Gasteiger partial charge on any atom is -0.483 e. The van der Waals surface area contributed by atoms with Gasteiger partial charge < -0.3 is 10.5 Å². The Balaban J connectivity index is 2.06. The summed E-state index contributed by atoms with van der Waals surface area (Å²) in [5.74, 6) is 1.30. The van der Waals surface area contributed by atoms with Crippen LogP contribution in [0.1, 0.15) is 24.7 Å². The summed E-state index contributed by atoms with van der Waals surface area (Å²) in [4.78, 5) is 4.15. The van der Waals surface area contributed by atoms with E-state index in [0.717, 1.165) is 18.8 Å². The van der Waals surface area contributed by atoms with Gasteiger partial charge in [-0.25, -0.2) is 9.67 Å². The molecule has 0 aliphatic carbocycles. The van der Waals surface area contributed by atoms with Crippen LogP contribution in [0.3, 0.4) is 0 Å². The summed E-state index contributed by atoms with van der Waals surface area (Å²) in [6, 6.07) is 6.98. The first kappa shape index (κ1) is 12.9. The lowest BCUT2D eigenvalue weighted by Crippen LogP contribution is -2.09. The summed E-state index contributed by atoms with van der Waals surface area (Å²) in [6.07, 6.45) is 2.49. The highest BCUT2D eigenvalue weighted by Crippen LogP contribution is 2.22. The molecule has 2 rings (SSSR count). The molecular weight excluding hydrogens is 242 g/mol. The standard InChI is InChI=1S/C13H15N5O/c1-2-5-18-13(16-9-17-18)8-19-12-4-3-10(7-14)6-11(12)15/h3-4,6,9H,2,5,8,15H2,1H3. The van der Waals surface area contributed by atoms with Crippen LogP contribution in [0.15, 0.2) is 24.5 Å². The van der Waals surface area contributed by atoms with Gasteiger partial charge in [-0.3, -0.25) is 0 Å². The maximum atomic E-state index is 8.76. The van der Waals surface area contributed by atoms with Crippen LogP contribution < -0.4 is 10.5 Å². The molecule has 0 fully saturated rings. The van der Waals surface area contributed by atoms with Crippen LogP contribution in [-0.2, 0) is 13.2 Å². The van der Waals surface area contributed by atoms with Crippen LogP contribution in [0.25, 0.3) is 0 Å². The first-order chi connectivity index (χ1) is 9.24. The number of nitrogen functional groups attached to an aromatic ring is 1. The summed E-state index contributed by atoms with van der Waals surface area (Å²) in [5, 5.41) is 12.9. The summed E-state index contributed by atoms with van der Waals surface area (Å²) in [5.41, 5.74) is 6.77. The molecule has 0 atom stereocenters. The molecular formula is C13H15N5O. The van der Waals surface area contributed by atoms with E-state index in [1.54, 1.807) is 22.9 Å². The Morgan fingerprint density at radius 3 is 3.00 bits per heavy atom. The molecule has 2 aromatic rings. The third-order valence-corrected chi connectivity index (χ3v) is 2.63. The molecule has 0 aliphatic heterocycles. The largest absolute Gasteiger partial charge is 0.483 e. The van der Waals surface area contributed by atoms with Gasteiger partial charge in [0.2, 0.25) is 0 Å². The number of hydrogen-bond acceptors (Lipinski definition) is 5. The van der Waals surface area contributed by atoms with Crippen molar-refractivity contribution in [2.75, 3.05) is 5.73 Å². The summed E-state index contributed by atoms with van der Waals surface area (Å²) < 4.78 is 7.42. The maximum absolute atomic E-state index is 8.76. The van der Waals surface area contributed by atoms with Gasteiger partial charge in [0.25, 0.3) is 0 Å². The molecule has 6 heteroatoms. The Labute approximate surface area is 111 Å². The van der Waals surface area contributed by atoms with Crippen molar-refractivity contribution in [3.8, 4) is 11.8 Å². The van der Waals surface area contributed by atoms with E-state index in [9.17, 15) is 0 Å². The molecule has 98 valence electrons. The van der Waals surface area contributed by atoms with Crippen LogP contribution in [0.2, 0.25) is 0 Å². The Morgan fingerprint density at radius 2 is 2.32 bits per heavy atom. The van der Waals surface area contributed by atoms with Crippen molar-refractivity contribution in [2.45, 2.75) is 26.5 Å². The summed E-state index contributed by atoms with van der Waals surface area (Å²) in [7, 11) is 0. The van der Waals surface area contributed by atoms with Gasteiger partial charge in [-0.2, -0.15) is 10.4 Å². The Bertz CT molecular complexity index is 599. The van der Waals surface area contributed by atoms with E-state index >= 15 is 0 Å². The first-order valence-electron chi connectivity index (χ1n) is 6.03. The second-order valence-corrected chi connectivity index (χ2v) is 4.05. The third kappa shape index (κ3) is 3.01. The molecule has 1 aromatic heterocycles. The maximum Gasteiger partial charge on any atom is 0.164 e. The van der Waals surface area contributed by atoms with Crippen molar-refractivity contribution in [1.82, 2.24) is 14.8 Å². The van der Waals surface area contributed by atoms with Crippen molar-refractivity contribution in [3.05, 3.63) is 35.9 Å². The number of aromatic nitrogens is 3. The summed E-state index contributed by atoms with van der Waals surface area (Å²) >= 11 is 0. The highest BCUT2D eigenvalue weighted by molar-refractivity contribution is 5.56. The van der Waals surface area contributed by atoms with Crippen LogP contribution >= 0.6 is 0 Å². The Morgan fingerprint density at radius 1 is 1.47 bits per heavy atom. The van der Waals surface area contributed by atoms with Crippen molar-refractivity contribution < 1.29 is 4.74 Å². The van der Waals surface area contributed by atoms with E-state index in [2.05, 4.69) is 17.0 Å². The zero-order chi connectivity index (χ0) is 13.7. The predicted octanol–water partition coefficient (Wildman–Crippen LogP) is 1.72. The second-order valence-electron chi connectivity index (χ2n) is 4.05. The highest BCUT2D eigenvalue weighted by Gasteiger charge is 2.07. The van der Waals surface area contributed by atoms with Crippen molar-refractivity contribution >= 4 is 5.69 Å². The fourth-order valence-corrected chi connectivity index (χ4v) is 1.69. The molecule has 0 saturated carbocycles. The third-order valence-electron chi connectivity index (χ3n) is 2.63. The van der Waals surface area contributed by atoms with Crippen LogP contribution in [-0.4, -0.2) is 14.8 Å². The van der Waals surface area contributed by atoms with E-state index in [1.807, 2.05) is 6.07 Å². The monoisotopic (exact) mass is 257 g/mol. The molecule has 0 saturated heterocycles. The minimum absolute atomic E-state index is 0.302. The smallest absolute Gasteiger partial charge is 0.164 e. The van der Waals surface area contributed by atoms with Gasteiger partial charge in [0.1, 0.15) is 18.7 Å². The van der Waals surface area contributed by atoms with E-state index in [1.165, 1.54) is 6.33 Å². The quantitative estimate of drug-likeness (QED) is 0.824. The van der Waals surface area contributed by atoms with Gasteiger partial charge in [0.15, 0.2) is 5.82 Å².